The largest absolute Gasteiger partial charge is 0.508 e. The number of hydrogen-bond acceptors (Lipinski definition) is 5. The summed E-state index contributed by atoms with van der Waals surface area (Å²) in [6.45, 7) is 1.82. The third-order valence-electron chi connectivity index (χ3n) is 3.35. The van der Waals surface area contributed by atoms with Gasteiger partial charge in [-0.05, 0) is 67.1 Å². The van der Waals surface area contributed by atoms with Crippen molar-refractivity contribution in [3.63, 3.8) is 0 Å². The molecule has 3 rings (SSSR count). The van der Waals surface area contributed by atoms with Crippen molar-refractivity contribution >= 4 is 22.7 Å². The molecular weight excluding hydrogens is 300 g/mol. The highest BCUT2D eigenvalue weighted by molar-refractivity contribution is 5.49. The Labute approximate surface area is 140 Å². The number of benzene rings is 3. The van der Waals surface area contributed by atoms with Crippen LogP contribution < -0.4 is 0 Å². The predicted octanol–water partition coefficient (Wildman–Crippen LogP) is 6.53. The number of hydrogen-bond donors (Lipinski definition) is 1. The van der Waals surface area contributed by atoms with Gasteiger partial charge in [-0.3, -0.25) is 0 Å². The van der Waals surface area contributed by atoms with E-state index in [-0.39, 0.29) is 5.75 Å². The Kier molecular flexibility index (Phi) is 4.72. The van der Waals surface area contributed by atoms with E-state index in [0.29, 0.717) is 5.69 Å². The van der Waals surface area contributed by atoms with E-state index in [2.05, 4.69) is 20.5 Å². The molecule has 0 unspecified atom stereocenters. The van der Waals surface area contributed by atoms with Crippen molar-refractivity contribution in [2.75, 3.05) is 0 Å². The number of phenols is 1. The van der Waals surface area contributed by atoms with Crippen molar-refractivity contribution in [2.45, 2.75) is 6.92 Å². The maximum Gasteiger partial charge on any atom is 0.118 e. The lowest BCUT2D eigenvalue weighted by Gasteiger charge is -1.99. The third-order valence-corrected chi connectivity index (χ3v) is 3.35. The molecule has 0 aliphatic heterocycles. The Hall–Kier alpha value is -3.34. The number of phenolic OH excluding ortho intramolecular Hbond substituents is 1. The molecule has 0 aromatic heterocycles. The molecule has 1 N–H and O–H groups in total. The Morgan fingerprint density at radius 1 is 0.583 bits per heavy atom. The maximum absolute atomic E-state index is 9.50. The Morgan fingerprint density at radius 2 is 1.04 bits per heavy atom. The second-order valence-electron chi connectivity index (χ2n) is 5.22. The average Bonchev–Trinajstić information content (AvgIpc) is 2.63. The Bertz CT molecular complexity index is 872. The molecule has 0 aliphatic carbocycles. The summed E-state index contributed by atoms with van der Waals surface area (Å²) in [7, 11) is 0. The maximum atomic E-state index is 9.50. The molecule has 3 aromatic rings. The number of azo groups is 2. The van der Waals surface area contributed by atoms with E-state index >= 15 is 0 Å². The molecule has 24 heavy (non-hydrogen) atoms. The van der Waals surface area contributed by atoms with E-state index in [1.165, 1.54) is 0 Å². The van der Waals surface area contributed by atoms with Crippen LogP contribution >= 0.6 is 0 Å². The van der Waals surface area contributed by atoms with Gasteiger partial charge in [-0.2, -0.15) is 20.5 Å². The first-order chi connectivity index (χ1) is 11.7. The van der Waals surface area contributed by atoms with Gasteiger partial charge >= 0.3 is 0 Å². The smallest absolute Gasteiger partial charge is 0.118 e. The highest BCUT2D eigenvalue weighted by Gasteiger charge is 1.97. The van der Waals surface area contributed by atoms with E-state index in [1.807, 2.05) is 61.5 Å². The van der Waals surface area contributed by atoms with Crippen molar-refractivity contribution in [1.82, 2.24) is 0 Å². The molecule has 118 valence electrons. The molecule has 0 radical (unpaired) electrons. The SMILES string of the molecule is Cc1cc(N=Nc2ccc(N=Nc3ccccc3)cc2)ccc1O. The van der Waals surface area contributed by atoms with Crippen LogP contribution in [0.25, 0.3) is 0 Å². The van der Waals surface area contributed by atoms with Crippen molar-refractivity contribution in [3.8, 4) is 5.75 Å². The second-order valence-corrected chi connectivity index (χ2v) is 5.22. The average molecular weight is 316 g/mol. The normalized spacial score (nSPS) is 11.4. The van der Waals surface area contributed by atoms with Crippen LogP contribution in [0.2, 0.25) is 0 Å². The van der Waals surface area contributed by atoms with Crippen LogP contribution in [0, 0.1) is 6.92 Å². The molecule has 0 atom stereocenters. The van der Waals surface area contributed by atoms with Crippen LogP contribution in [0.1, 0.15) is 5.56 Å². The van der Waals surface area contributed by atoms with E-state index in [4.69, 9.17) is 0 Å². The summed E-state index contributed by atoms with van der Waals surface area (Å²) in [5.41, 5.74) is 3.74. The zero-order valence-corrected chi connectivity index (χ0v) is 13.2. The fraction of sp³-hybridized carbons (Fsp3) is 0.0526. The number of aromatic hydroxyl groups is 1. The number of aryl methyl sites for hydroxylation is 1. The van der Waals surface area contributed by atoms with Crippen molar-refractivity contribution in [2.24, 2.45) is 20.5 Å². The summed E-state index contributed by atoms with van der Waals surface area (Å²) in [6.07, 6.45) is 0. The van der Waals surface area contributed by atoms with Gasteiger partial charge in [-0.1, -0.05) is 18.2 Å². The van der Waals surface area contributed by atoms with Gasteiger partial charge in [0, 0.05) is 0 Å². The van der Waals surface area contributed by atoms with E-state index in [9.17, 15) is 5.11 Å². The van der Waals surface area contributed by atoms with E-state index in [0.717, 1.165) is 22.6 Å². The molecular formula is C19H16N4O. The first kappa shape index (κ1) is 15.6. The predicted molar refractivity (Wildman–Crippen MR) is 94.1 cm³/mol. The molecule has 5 heteroatoms. The highest BCUT2D eigenvalue weighted by atomic mass is 16.3. The van der Waals surface area contributed by atoms with Crippen molar-refractivity contribution in [3.05, 3.63) is 78.4 Å². The standard InChI is InChI=1S/C19H16N4O/c1-14-13-18(11-12-19(14)24)23-22-17-9-7-16(8-10-17)21-20-15-5-3-2-4-6-15/h2-13,24H,1H3. The van der Waals surface area contributed by atoms with E-state index in [1.54, 1.807) is 18.2 Å². The van der Waals surface area contributed by atoms with Gasteiger partial charge in [0.05, 0.1) is 22.7 Å². The fourth-order valence-corrected chi connectivity index (χ4v) is 2.01. The Balaban J connectivity index is 1.69. The zero-order valence-electron chi connectivity index (χ0n) is 13.2. The Morgan fingerprint density at radius 3 is 1.58 bits per heavy atom. The molecule has 0 saturated heterocycles. The quantitative estimate of drug-likeness (QED) is 0.546. The molecule has 0 aliphatic rings. The minimum absolute atomic E-state index is 0.252. The summed E-state index contributed by atoms with van der Waals surface area (Å²) in [6, 6.07) is 22.0. The molecule has 0 spiro atoms. The van der Waals surface area contributed by atoms with Crippen molar-refractivity contribution in [1.29, 1.82) is 0 Å². The fourth-order valence-electron chi connectivity index (χ4n) is 2.01. The lowest BCUT2D eigenvalue weighted by molar-refractivity contribution is 0.471. The van der Waals surface area contributed by atoms with Gasteiger partial charge in [0.15, 0.2) is 0 Å². The van der Waals surface area contributed by atoms with Crippen LogP contribution in [-0.4, -0.2) is 5.11 Å². The third kappa shape index (κ3) is 4.10. The minimum atomic E-state index is 0.252. The van der Waals surface area contributed by atoms with Crippen LogP contribution in [0.5, 0.6) is 5.75 Å². The summed E-state index contributed by atoms with van der Waals surface area (Å²) < 4.78 is 0. The summed E-state index contributed by atoms with van der Waals surface area (Å²) in [5, 5.41) is 26.2. The van der Waals surface area contributed by atoms with Gasteiger partial charge in [0.2, 0.25) is 0 Å². The summed E-state index contributed by atoms with van der Waals surface area (Å²) >= 11 is 0. The van der Waals surface area contributed by atoms with Gasteiger partial charge in [0.25, 0.3) is 0 Å². The molecule has 0 heterocycles. The van der Waals surface area contributed by atoms with Crippen molar-refractivity contribution < 1.29 is 5.11 Å². The molecule has 0 amide bonds. The van der Waals surface area contributed by atoms with E-state index < -0.39 is 0 Å². The summed E-state index contributed by atoms with van der Waals surface area (Å²) in [5.74, 6) is 0.252. The zero-order chi connectivity index (χ0) is 16.8. The number of nitrogens with zero attached hydrogens (tertiary/aromatic N) is 4. The number of rotatable bonds is 4. The molecule has 0 saturated carbocycles. The first-order valence-electron chi connectivity index (χ1n) is 7.49. The lowest BCUT2D eigenvalue weighted by Crippen LogP contribution is -1.72. The van der Waals surface area contributed by atoms with Gasteiger partial charge in [0.1, 0.15) is 5.75 Å². The van der Waals surface area contributed by atoms with Crippen LogP contribution in [0.15, 0.2) is 93.3 Å². The van der Waals surface area contributed by atoms with Gasteiger partial charge in [-0.25, -0.2) is 0 Å². The molecule has 3 aromatic carbocycles. The first-order valence-corrected chi connectivity index (χ1v) is 7.49. The highest BCUT2D eigenvalue weighted by Crippen LogP contribution is 2.25. The second kappa shape index (κ2) is 7.28. The van der Waals surface area contributed by atoms with Gasteiger partial charge < -0.3 is 5.11 Å². The molecule has 5 nitrogen and oxygen atoms in total. The molecule has 0 bridgehead atoms. The monoisotopic (exact) mass is 316 g/mol. The van der Waals surface area contributed by atoms with Crippen LogP contribution in [-0.2, 0) is 0 Å². The lowest BCUT2D eigenvalue weighted by atomic mass is 10.2. The van der Waals surface area contributed by atoms with Crippen LogP contribution in [0.4, 0.5) is 22.7 Å². The van der Waals surface area contributed by atoms with Gasteiger partial charge in [-0.15, -0.1) is 0 Å². The topological polar surface area (TPSA) is 69.7 Å². The summed E-state index contributed by atoms with van der Waals surface area (Å²) in [4.78, 5) is 0. The molecule has 0 fully saturated rings. The van der Waals surface area contributed by atoms with Crippen LogP contribution in [0.3, 0.4) is 0 Å². The minimum Gasteiger partial charge on any atom is -0.508 e.